The second kappa shape index (κ2) is 7.58. The number of rotatable bonds is 7. The number of benzene rings is 1. The fraction of sp³-hybridized carbons (Fsp3) is 0.462. The first kappa shape index (κ1) is 12.4. The predicted molar refractivity (Wildman–Crippen MR) is 65.3 cm³/mol. The highest BCUT2D eigenvalue weighted by Crippen LogP contribution is 2.15. The minimum Gasteiger partial charge on any atom is -0.494 e. The number of hydrogen-bond donors (Lipinski definition) is 1. The lowest BCUT2D eigenvalue weighted by molar-refractivity contribution is 0.305. The molecule has 1 aromatic rings. The lowest BCUT2D eigenvalue weighted by Gasteiger charge is -2.06. The van der Waals surface area contributed by atoms with Gasteiger partial charge in [0.25, 0.3) is 0 Å². The molecule has 0 unspecified atom stereocenters. The van der Waals surface area contributed by atoms with Crippen LogP contribution in [0.5, 0.6) is 5.75 Å². The molecule has 0 spiro atoms. The molecule has 0 aliphatic carbocycles. The van der Waals surface area contributed by atoms with Gasteiger partial charge in [-0.15, -0.1) is 0 Å². The van der Waals surface area contributed by atoms with E-state index in [1.165, 1.54) is 19.3 Å². The Kier molecular flexibility index (Phi) is 5.87. The van der Waals surface area contributed by atoms with E-state index in [4.69, 9.17) is 10.00 Å². The molecular formula is C13H18N2O. The van der Waals surface area contributed by atoms with Gasteiger partial charge in [-0.3, -0.25) is 5.32 Å². The number of nitrogens with one attached hydrogen (secondary N) is 1. The maximum absolute atomic E-state index is 8.42. The lowest BCUT2D eigenvalue weighted by Crippen LogP contribution is -1.97. The summed E-state index contributed by atoms with van der Waals surface area (Å²) in [4.78, 5) is 0. The fourth-order valence-electron chi connectivity index (χ4n) is 1.42. The van der Waals surface area contributed by atoms with Crippen molar-refractivity contribution in [2.24, 2.45) is 0 Å². The molecule has 1 rings (SSSR count). The Hall–Kier alpha value is -1.69. The summed E-state index contributed by atoms with van der Waals surface area (Å²) in [5.74, 6) is 0.861. The van der Waals surface area contributed by atoms with Crippen molar-refractivity contribution < 1.29 is 4.74 Å². The van der Waals surface area contributed by atoms with Crippen LogP contribution in [-0.2, 0) is 0 Å². The standard InChI is InChI=1S/C13H18N2O/c1-2-3-4-5-10-16-13-8-6-12(7-9-13)15-11-14/h6-9,15H,2-5,10H2,1H3. The van der Waals surface area contributed by atoms with Crippen LogP contribution in [0.4, 0.5) is 5.69 Å². The average Bonchev–Trinajstić information content (AvgIpc) is 2.31. The van der Waals surface area contributed by atoms with E-state index in [-0.39, 0.29) is 0 Å². The van der Waals surface area contributed by atoms with Gasteiger partial charge in [-0.2, -0.15) is 5.26 Å². The molecule has 3 nitrogen and oxygen atoms in total. The molecule has 0 saturated heterocycles. The molecule has 0 radical (unpaired) electrons. The van der Waals surface area contributed by atoms with Crippen LogP contribution in [0.1, 0.15) is 32.6 Å². The van der Waals surface area contributed by atoms with Crippen LogP contribution in [0.3, 0.4) is 0 Å². The van der Waals surface area contributed by atoms with Gasteiger partial charge in [-0.05, 0) is 30.7 Å². The molecule has 0 bridgehead atoms. The number of anilines is 1. The van der Waals surface area contributed by atoms with Crippen molar-refractivity contribution in [2.45, 2.75) is 32.6 Å². The zero-order valence-corrected chi connectivity index (χ0v) is 9.70. The highest BCUT2D eigenvalue weighted by Gasteiger charge is 1.94. The Balaban J connectivity index is 2.24. The molecule has 0 amide bonds. The van der Waals surface area contributed by atoms with E-state index < -0.39 is 0 Å². The molecule has 3 heteroatoms. The molecule has 0 saturated carbocycles. The maximum atomic E-state index is 8.42. The molecule has 1 N–H and O–H groups in total. The lowest BCUT2D eigenvalue weighted by atomic mass is 10.2. The van der Waals surface area contributed by atoms with E-state index in [2.05, 4.69) is 12.2 Å². The summed E-state index contributed by atoms with van der Waals surface area (Å²) in [5.41, 5.74) is 0.792. The van der Waals surface area contributed by atoms with E-state index in [0.717, 1.165) is 24.5 Å². The van der Waals surface area contributed by atoms with Crippen molar-refractivity contribution in [3.63, 3.8) is 0 Å². The van der Waals surface area contributed by atoms with Gasteiger partial charge < -0.3 is 4.74 Å². The summed E-state index contributed by atoms with van der Waals surface area (Å²) in [7, 11) is 0. The van der Waals surface area contributed by atoms with Gasteiger partial charge in [0.05, 0.1) is 6.61 Å². The zero-order chi connectivity index (χ0) is 11.6. The van der Waals surface area contributed by atoms with Gasteiger partial charge >= 0.3 is 0 Å². The monoisotopic (exact) mass is 218 g/mol. The van der Waals surface area contributed by atoms with Crippen molar-refractivity contribution in [1.29, 1.82) is 5.26 Å². The second-order valence-corrected chi connectivity index (χ2v) is 3.67. The predicted octanol–water partition coefficient (Wildman–Crippen LogP) is 3.54. The van der Waals surface area contributed by atoms with Crippen molar-refractivity contribution in [3.8, 4) is 11.9 Å². The van der Waals surface area contributed by atoms with Gasteiger partial charge in [-0.1, -0.05) is 26.2 Å². The van der Waals surface area contributed by atoms with Crippen LogP contribution in [0.15, 0.2) is 24.3 Å². The Bertz CT molecular complexity index is 327. The zero-order valence-electron chi connectivity index (χ0n) is 9.70. The molecule has 16 heavy (non-hydrogen) atoms. The highest BCUT2D eigenvalue weighted by atomic mass is 16.5. The average molecular weight is 218 g/mol. The van der Waals surface area contributed by atoms with Crippen molar-refractivity contribution in [1.82, 2.24) is 0 Å². The molecule has 1 aromatic carbocycles. The van der Waals surface area contributed by atoms with E-state index in [0.29, 0.717) is 0 Å². The number of nitriles is 1. The Labute approximate surface area is 97.0 Å². The van der Waals surface area contributed by atoms with Crippen LogP contribution in [0, 0.1) is 11.5 Å². The van der Waals surface area contributed by atoms with Gasteiger partial charge in [-0.25, -0.2) is 0 Å². The number of unbranched alkanes of at least 4 members (excludes halogenated alkanes) is 3. The summed E-state index contributed by atoms with van der Waals surface area (Å²) in [6, 6.07) is 7.42. The SMILES string of the molecule is CCCCCCOc1ccc(NC#N)cc1. The van der Waals surface area contributed by atoms with Crippen molar-refractivity contribution in [2.75, 3.05) is 11.9 Å². The van der Waals surface area contributed by atoms with Crippen LogP contribution in [0.25, 0.3) is 0 Å². The first-order valence-electron chi connectivity index (χ1n) is 5.74. The van der Waals surface area contributed by atoms with Crippen molar-refractivity contribution in [3.05, 3.63) is 24.3 Å². The summed E-state index contributed by atoms with van der Waals surface area (Å²) in [5, 5.41) is 11.0. The molecule has 0 aromatic heterocycles. The van der Waals surface area contributed by atoms with Crippen LogP contribution in [0.2, 0.25) is 0 Å². The van der Waals surface area contributed by atoms with Gasteiger partial charge in [0.1, 0.15) is 5.75 Å². The number of nitrogens with zero attached hydrogens (tertiary/aromatic N) is 1. The highest BCUT2D eigenvalue weighted by molar-refractivity contribution is 5.48. The molecule has 86 valence electrons. The summed E-state index contributed by atoms with van der Waals surface area (Å²) in [6.07, 6.45) is 6.73. The largest absolute Gasteiger partial charge is 0.494 e. The number of ether oxygens (including phenoxy) is 1. The molecule has 0 aliphatic heterocycles. The molecule has 0 aliphatic rings. The van der Waals surface area contributed by atoms with E-state index in [1.807, 2.05) is 30.5 Å². The van der Waals surface area contributed by atoms with E-state index >= 15 is 0 Å². The first-order chi connectivity index (χ1) is 7.86. The molecule has 0 atom stereocenters. The minimum atomic E-state index is 0.769. The first-order valence-corrected chi connectivity index (χ1v) is 5.74. The van der Waals surface area contributed by atoms with E-state index in [9.17, 15) is 0 Å². The Morgan fingerprint density at radius 1 is 1.19 bits per heavy atom. The summed E-state index contributed by atoms with van der Waals surface area (Å²) >= 11 is 0. The molecular weight excluding hydrogens is 200 g/mol. The van der Waals surface area contributed by atoms with Gasteiger partial charge in [0.15, 0.2) is 6.19 Å². The quantitative estimate of drug-likeness (QED) is 0.432. The third-order valence-corrected chi connectivity index (χ3v) is 2.32. The Morgan fingerprint density at radius 3 is 2.56 bits per heavy atom. The third-order valence-electron chi connectivity index (χ3n) is 2.32. The summed E-state index contributed by atoms with van der Waals surface area (Å²) < 4.78 is 5.58. The fourth-order valence-corrected chi connectivity index (χ4v) is 1.42. The van der Waals surface area contributed by atoms with Crippen LogP contribution < -0.4 is 10.1 Å². The molecule has 0 fully saturated rings. The normalized spacial score (nSPS) is 9.50. The topological polar surface area (TPSA) is 45.0 Å². The number of hydrogen-bond acceptors (Lipinski definition) is 3. The van der Waals surface area contributed by atoms with Crippen molar-refractivity contribution >= 4 is 5.69 Å². The Morgan fingerprint density at radius 2 is 1.94 bits per heavy atom. The van der Waals surface area contributed by atoms with Crippen LogP contribution in [-0.4, -0.2) is 6.61 Å². The maximum Gasteiger partial charge on any atom is 0.181 e. The minimum absolute atomic E-state index is 0.769. The second-order valence-electron chi connectivity index (χ2n) is 3.67. The van der Waals surface area contributed by atoms with E-state index in [1.54, 1.807) is 0 Å². The summed E-state index contributed by atoms with van der Waals surface area (Å²) in [6.45, 7) is 2.97. The molecule has 0 heterocycles. The third kappa shape index (κ3) is 4.70. The van der Waals surface area contributed by atoms with Crippen LogP contribution >= 0.6 is 0 Å². The van der Waals surface area contributed by atoms with Gasteiger partial charge in [0.2, 0.25) is 0 Å². The van der Waals surface area contributed by atoms with Gasteiger partial charge in [0, 0.05) is 5.69 Å². The smallest absolute Gasteiger partial charge is 0.181 e.